The molecular formula is C11H14N4O2. The molecule has 17 heavy (non-hydrogen) atoms. The molecule has 1 aromatic carbocycles. The van der Waals surface area contributed by atoms with Gasteiger partial charge in [-0.05, 0) is 5.56 Å². The summed E-state index contributed by atoms with van der Waals surface area (Å²) >= 11 is 0. The molecule has 0 unspecified atom stereocenters. The molecule has 0 bridgehead atoms. The zero-order chi connectivity index (χ0) is 12.7. The fraction of sp³-hybridized carbons (Fsp3) is 0.182. The predicted molar refractivity (Wildman–Crippen MR) is 63.2 cm³/mol. The van der Waals surface area contributed by atoms with Crippen molar-refractivity contribution >= 4 is 18.2 Å². The lowest BCUT2D eigenvalue weighted by atomic mass is 10.2. The van der Waals surface area contributed by atoms with E-state index in [9.17, 15) is 9.59 Å². The highest BCUT2D eigenvalue weighted by molar-refractivity contribution is 6.06. The number of rotatable bonds is 6. The number of nitrogens with one attached hydrogen (secondary N) is 3. The molecule has 6 nitrogen and oxygen atoms in total. The van der Waals surface area contributed by atoms with Gasteiger partial charge in [0.1, 0.15) is 5.84 Å². The number of hydrogen-bond donors (Lipinski definition) is 4. The van der Waals surface area contributed by atoms with Crippen LogP contribution < -0.4 is 16.4 Å². The van der Waals surface area contributed by atoms with E-state index in [0.717, 1.165) is 5.56 Å². The van der Waals surface area contributed by atoms with Gasteiger partial charge in [0.2, 0.25) is 6.41 Å². The van der Waals surface area contributed by atoms with Crippen molar-refractivity contribution in [2.24, 2.45) is 5.73 Å². The van der Waals surface area contributed by atoms with Crippen LogP contribution in [0.15, 0.2) is 30.3 Å². The van der Waals surface area contributed by atoms with Gasteiger partial charge in [-0.25, -0.2) is 0 Å². The predicted octanol–water partition coefficient (Wildman–Crippen LogP) is -0.647. The lowest BCUT2D eigenvalue weighted by Crippen LogP contribution is -2.51. The number of benzene rings is 1. The minimum atomic E-state index is -1.11. The van der Waals surface area contributed by atoms with Crippen molar-refractivity contribution in [3.63, 3.8) is 0 Å². The van der Waals surface area contributed by atoms with Crippen molar-refractivity contribution in [1.82, 2.24) is 10.6 Å². The second-order valence-electron chi connectivity index (χ2n) is 3.38. The van der Waals surface area contributed by atoms with Gasteiger partial charge < -0.3 is 16.4 Å². The lowest BCUT2D eigenvalue weighted by molar-refractivity contribution is -0.123. The average molecular weight is 234 g/mol. The SMILES string of the molecule is N=C(N)[C@@H](NC=O)C(=O)NCc1ccccc1. The van der Waals surface area contributed by atoms with Gasteiger partial charge in [-0.3, -0.25) is 15.0 Å². The Morgan fingerprint density at radius 2 is 2.06 bits per heavy atom. The van der Waals surface area contributed by atoms with E-state index in [0.29, 0.717) is 13.0 Å². The monoisotopic (exact) mass is 234 g/mol. The molecule has 0 fully saturated rings. The average Bonchev–Trinajstić information content (AvgIpc) is 2.34. The van der Waals surface area contributed by atoms with Crippen molar-refractivity contribution in [3.05, 3.63) is 35.9 Å². The van der Waals surface area contributed by atoms with Gasteiger partial charge >= 0.3 is 0 Å². The van der Waals surface area contributed by atoms with Crippen LogP contribution in [0.2, 0.25) is 0 Å². The van der Waals surface area contributed by atoms with Crippen LogP contribution in [-0.4, -0.2) is 24.2 Å². The Morgan fingerprint density at radius 3 is 2.59 bits per heavy atom. The number of carbonyl (C=O) groups excluding carboxylic acids is 2. The van der Waals surface area contributed by atoms with E-state index in [1.165, 1.54) is 0 Å². The van der Waals surface area contributed by atoms with E-state index in [1.807, 2.05) is 30.3 Å². The molecule has 1 aromatic rings. The van der Waals surface area contributed by atoms with Gasteiger partial charge in [-0.15, -0.1) is 0 Å². The number of amidine groups is 1. The minimum Gasteiger partial charge on any atom is -0.385 e. The van der Waals surface area contributed by atoms with Crippen LogP contribution in [0.1, 0.15) is 5.56 Å². The standard InChI is InChI=1S/C11H14N4O2/c12-10(13)9(15-7-16)11(17)14-6-8-4-2-1-3-5-8/h1-5,7,9H,6H2,(H3,12,13)(H,14,17)(H,15,16)/t9-/m1/s1. The van der Waals surface area contributed by atoms with Crippen LogP contribution in [-0.2, 0) is 16.1 Å². The van der Waals surface area contributed by atoms with Crippen molar-refractivity contribution in [1.29, 1.82) is 5.41 Å². The molecule has 1 atom stereocenters. The summed E-state index contributed by atoms with van der Waals surface area (Å²) in [6, 6.07) is 8.18. The molecule has 0 spiro atoms. The first-order valence-corrected chi connectivity index (χ1v) is 5.00. The third kappa shape index (κ3) is 3.94. The number of amides is 2. The molecule has 0 saturated heterocycles. The largest absolute Gasteiger partial charge is 0.385 e. The summed E-state index contributed by atoms with van der Waals surface area (Å²) < 4.78 is 0. The summed E-state index contributed by atoms with van der Waals surface area (Å²) in [5, 5.41) is 11.9. The molecule has 0 aliphatic carbocycles. The van der Waals surface area contributed by atoms with E-state index in [2.05, 4.69) is 10.6 Å². The Hall–Kier alpha value is -2.37. The van der Waals surface area contributed by atoms with Crippen molar-refractivity contribution in [3.8, 4) is 0 Å². The molecule has 2 amide bonds. The molecule has 0 radical (unpaired) electrons. The van der Waals surface area contributed by atoms with Crippen LogP contribution in [0.25, 0.3) is 0 Å². The van der Waals surface area contributed by atoms with Crippen molar-refractivity contribution < 1.29 is 9.59 Å². The Morgan fingerprint density at radius 1 is 1.41 bits per heavy atom. The van der Waals surface area contributed by atoms with Gasteiger partial charge in [0.05, 0.1) is 0 Å². The molecule has 0 aromatic heterocycles. The first-order valence-electron chi connectivity index (χ1n) is 5.00. The van der Waals surface area contributed by atoms with Gasteiger partial charge in [-0.2, -0.15) is 0 Å². The molecule has 1 rings (SSSR count). The molecule has 0 aliphatic heterocycles. The first kappa shape index (κ1) is 12.7. The van der Waals surface area contributed by atoms with Crippen LogP contribution >= 0.6 is 0 Å². The maximum absolute atomic E-state index is 11.6. The number of hydrogen-bond acceptors (Lipinski definition) is 3. The van der Waals surface area contributed by atoms with Crippen LogP contribution in [0, 0.1) is 5.41 Å². The topological polar surface area (TPSA) is 108 Å². The quantitative estimate of drug-likeness (QED) is 0.298. The second kappa shape index (κ2) is 6.26. The zero-order valence-electron chi connectivity index (χ0n) is 9.14. The molecular weight excluding hydrogens is 220 g/mol. The summed E-state index contributed by atoms with van der Waals surface area (Å²) in [5.41, 5.74) is 6.12. The molecule has 5 N–H and O–H groups in total. The highest BCUT2D eigenvalue weighted by Gasteiger charge is 2.19. The second-order valence-corrected chi connectivity index (χ2v) is 3.38. The van der Waals surface area contributed by atoms with E-state index < -0.39 is 17.8 Å². The molecule has 0 heterocycles. The van der Waals surface area contributed by atoms with Gasteiger partial charge in [0.15, 0.2) is 6.04 Å². The van der Waals surface area contributed by atoms with E-state index >= 15 is 0 Å². The van der Waals surface area contributed by atoms with E-state index in [-0.39, 0.29) is 0 Å². The smallest absolute Gasteiger partial charge is 0.250 e. The fourth-order valence-corrected chi connectivity index (χ4v) is 1.26. The summed E-state index contributed by atoms with van der Waals surface area (Å²) in [7, 11) is 0. The normalized spacial score (nSPS) is 11.3. The summed E-state index contributed by atoms with van der Waals surface area (Å²) in [5.74, 6) is -0.906. The molecule has 6 heteroatoms. The van der Waals surface area contributed by atoms with Crippen LogP contribution in [0.4, 0.5) is 0 Å². The molecule has 0 aliphatic rings. The third-order valence-electron chi connectivity index (χ3n) is 2.12. The number of nitrogens with two attached hydrogens (primary N) is 1. The maximum Gasteiger partial charge on any atom is 0.250 e. The maximum atomic E-state index is 11.6. The minimum absolute atomic E-state index is 0.323. The first-order chi connectivity index (χ1) is 8.15. The summed E-state index contributed by atoms with van der Waals surface area (Å²) in [6.45, 7) is 0.323. The van der Waals surface area contributed by atoms with Gasteiger partial charge in [0.25, 0.3) is 5.91 Å². The van der Waals surface area contributed by atoms with Gasteiger partial charge in [-0.1, -0.05) is 30.3 Å². The Balaban J connectivity index is 2.53. The Kier molecular flexibility index (Phi) is 4.68. The van der Waals surface area contributed by atoms with E-state index in [1.54, 1.807) is 0 Å². The lowest BCUT2D eigenvalue weighted by Gasteiger charge is -2.14. The highest BCUT2D eigenvalue weighted by atomic mass is 16.2. The third-order valence-corrected chi connectivity index (χ3v) is 2.12. The van der Waals surface area contributed by atoms with Crippen LogP contribution in [0.5, 0.6) is 0 Å². The Bertz CT molecular complexity index is 405. The zero-order valence-corrected chi connectivity index (χ0v) is 9.14. The van der Waals surface area contributed by atoms with Crippen LogP contribution in [0.3, 0.4) is 0 Å². The van der Waals surface area contributed by atoms with Crippen molar-refractivity contribution in [2.45, 2.75) is 12.6 Å². The van der Waals surface area contributed by atoms with Crippen molar-refractivity contribution in [2.75, 3.05) is 0 Å². The molecule has 0 saturated carbocycles. The van der Waals surface area contributed by atoms with Gasteiger partial charge in [0, 0.05) is 6.54 Å². The Labute approximate surface area is 98.7 Å². The molecule has 90 valence electrons. The summed E-state index contributed by atoms with van der Waals surface area (Å²) in [4.78, 5) is 21.8. The summed E-state index contributed by atoms with van der Waals surface area (Å²) in [6.07, 6.45) is 0.341. The fourth-order valence-electron chi connectivity index (χ4n) is 1.26. The number of carbonyl (C=O) groups is 2. The van der Waals surface area contributed by atoms with E-state index in [4.69, 9.17) is 11.1 Å². The highest BCUT2D eigenvalue weighted by Crippen LogP contribution is 1.97.